The number of rotatable bonds is 6. The van der Waals surface area contributed by atoms with E-state index in [1.807, 2.05) is 42.6 Å². The Morgan fingerprint density at radius 2 is 1.93 bits per heavy atom. The van der Waals surface area contributed by atoms with Crippen LogP contribution in [0.2, 0.25) is 0 Å². The molecular formula is C20H23N7O. The third-order valence-corrected chi connectivity index (χ3v) is 4.98. The Morgan fingerprint density at radius 3 is 2.61 bits per heavy atom. The number of pyridine rings is 1. The number of piperidine rings is 1. The number of hydrogen-bond acceptors (Lipinski definition) is 6. The van der Waals surface area contributed by atoms with Crippen LogP contribution in [0.4, 0.5) is 0 Å². The first-order chi connectivity index (χ1) is 13.8. The van der Waals surface area contributed by atoms with E-state index in [1.165, 1.54) is 0 Å². The van der Waals surface area contributed by atoms with Crippen LogP contribution in [-0.2, 0) is 17.8 Å². The van der Waals surface area contributed by atoms with E-state index >= 15 is 0 Å². The number of amides is 1. The van der Waals surface area contributed by atoms with Crippen LogP contribution in [0.3, 0.4) is 0 Å². The van der Waals surface area contributed by atoms with Crippen LogP contribution in [0.1, 0.15) is 24.1 Å². The topological polar surface area (TPSA) is 88.8 Å². The second-order valence-electron chi connectivity index (χ2n) is 7.04. The number of carbonyl (C=O) groups is 1. The first kappa shape index (κ1) is 18.2. The van der Waals surface area contributed by atoms with Gasteiger partial charge in [0.05, 0.1) is 17.8 Å². The predicted octanol–water partition coefficient (Wildman–Crippen LogP) is 1.38. The molecule has 1 aromatic carbocycles. The van der Waals surface area contributed by atoms with Gasteiger partial charge in [-0.2, -0.15) is 0 Å². The summed E-state index contributed by atoms with van der Waals surface area (Å²) in [5.74, 6) is 0.0679. The minimum absolute atomic E-state index is 0.0679. The molecule has 1 saturated heterocycles. The van der Waals surface area contributed by atoms with Gasteiger partial charge in [0.2, 0.25) is 5.91 Å². The van der Waals surface area contributed by atoms with Crippen LogP contribution in [0.25, 0.3) is 5.69 Å². The first-order valence-electron chi connectivity index (χ1n) is 9.50. The molecule has 0 saturated carbocycles. The third-order valence-electron chi connectivity index (χ3n) is 4.98. The highest BCUT2D eigenvalue weighted by molar-refractivity contribution is 5.78. The van der Waals surface area contributed by atoms with Gasteiger partial charge in [-0.3, -0.25) is 14.7 Å². The smallest absolute Gasteiger partial charge is 0.224 e. The highest BCUT2D eigenvalue weighted by atomic mass is 16.1. The molecule has 1 aliphatic rings. The number of hydrogen-bond donors (Lipinski definition) is 1. The van der Waals surface area contributed by atoms with Gasteiger partial charge < -0.3 is 5.32 Å². The van der Waals surface area contributed by atoms with E-state index in [2.05, 4.69) is 36.8 Å². The maximum Gasteiger partial charge on any atom is 0.224 e. The fourth-order valence-electron chi connectivity index (χ4n) is 3.47. The zero-order chi connectivity index (χ0) is 19.2. The lowest BCUT2D eigenvalue weighted by Gasteiger charge is -2.32. The minimum Gasteiger partial charge on any atom is -0.353 e. The molecule has 1 amide bonds. The van der Waals surface area contributed by atoms with E-state index in [0.717, 1.165) is 49.4 Å². The van der Waals surface area contributed by atoms with Crippen molar-refractivity contribution in [2.24, 2.45) is 0 Å². The van der Waals surface area contributed by atoms with Gasteiger partial charge in [0, 0.05) is 31.9 Å². The summed E-state index contributed by atoms with van der Waals surface area (Å²) in [5.41, 5.74) is 2.94. The highest BCUT2D eigenvalue weighted by Gasteiger charge is 2.21. The second-order valence-corrected chi connectivity index (χ2v) is 7.04. The molecule has 0 atom stereocenters. The summed E-state index contributed by atoms with van der Waals surface area (Å²) in [6.07, 6.45) is 5.69. The Hall–Kier alpha value is -3.13. The van der Waals surface area contributed by atoms with Crippen molar-refractivity contribution in [1.82, 2.24) is 35.4 Å². The normalized spacial score (nSPS) is 15.4. The Labute approximate surface area is 163 Å². The molecule has 8 heteroatoms. The van der Waals surface area contributed by atoms with E-state index in [0.29, 0.717) is 6.42 Å². The summed E-state index contributed by atoms with van der Waals surface area (Å²) >= 11 is 0. The van der Waals surface area contributed by atoms with Crippen LogP contribution >= 0.6 is 0 Å². The monoisotopic (exact) mass is 377 g/mol. The van der Waals surface area contributed by atoms with Crippen molar-refractivity contribution >= 4 is 5.91 Å². The number of aromatic nitrogens is 5. The number of nitrogens with zero attached hydrogens (tertiary/aromatic N) is 6. The standard InChI is InChI=1S/C20H23N7O/c28-20(13-16-4-6-19(7-5-16)27-15-22-24-25-27)23-17-8-11-26(12-9-17)14-18-3-1-2-10-21-18/h1-7,10,15,17H,8-9,11-14H2,(H,23,28). The number of likely N-dealkylation sites (tertiary alicyclic amines) is 1. The zero-order valence-electron chi connectivity index (χ0n) is 15.6. The van der Waals surface area contributed by atoms with Crippen molar-refractivity contribution in [2.45, 2.75) is 31.8 Å². The Kier molecular flexibility index (Phi) is 5.67. The van der Waals surface area contributed by atoms with Crippen molar-refractivity contribution in [3.05, 3.63) is 66.2 Å². The first-order valence-corrected chi connectivity index (χ1v) is 9.50. The van der Waals surface area contributed by atoms with Crippen LogP contribution in [0.5, 0.6) is 0 Å². The molecule has 0 radical (unpaired) electrons. The van der Waals surface area contributed by atoms with E-state index in [4.69, 9.17) is 0 Å². The average molecular weight is 377 g/mol. The quantitative estimate of drug-likeness (QED) is 0.698. The van der Waals surface area contributed by atoms with Crippen molar-refractivity contribution in [1.29, 1.82) is 0 Å². The van der Waals surface area contributed by atoms with Crippen molar-refractivity contribution in [3.8, 4) is 5.69 Å². The summed E-state index contributed by atoms with van der Waals surface area (Å²) in [6.45, 7) is 2.82. The van der Waals surface area contributed by atoms with Gasteiger partial charge in [-0.05, 0) is 53.1 Å². The molecular weight excluding hydrogens is 354 g/mol. The second kappa shape index (κ2) is 8.71. The molecule has 0 unspecified atom stereocenters. The Bertz CT molecular complexity index is 873. The lowest BCUT2D eigenvalue weighted by molar-refractivity contribution is -0.121. The molecule has 1 N–H and O–H groups in total. The molecule has 28 heavy (non-hydrogen) atoms. The van der Waals surface area contributed by atoms with E-state index < -0.39 is 0 Å². The Morgan fingerprint density at radius 1 is 1.11 bits per heavy atom. The minimum atomic E-state index is 0.0679. The summed E-state index contributed by atoms with van der Waals surface area (Å²) in [5, 5.41) is 14.3. The van der Waals surface area contributed by atoms with E-state index in [9.17, 15) is 4.79 Å². The zero-order valence-corrected chi connectivity index (χ0v) is 15.6. The van der Waals surface area contributed by atoms with Gasteiger partial charge in [0.1, 0.15) is 6.33 Å². The lowest BCUT2D eigenvalue weighted by Crippen LogP contribution is -2.44. The number of tetrazole rings is 1. The number of carbonyl (C=O) groups excluding carboxylic acids is 1. The molecule has 8 nitrogen and oxygen atoms in total. The van der Waals surface area contributed by atoms with E-state index in [1.54, 1.807) is 11.0 Å². The fourth-order valence-corrected chi connectivity index (χ4v) is 3.47. The fraction of sp³-hybridized carbons (Fsp3) is 0.350. The van der Waals surface area contributed by atoms with Crippen molar-refractivity contribution in [2.75, 3.05) is 13.1 Å². The van der Waals surface area contributed by atoms with Gasteiger partial charge in [-0.15, -0.1) is 5.10 Å². The predicted molar refractivity (Wildman–Crippen MR) is 104 cm³/mol. The van der Waals surface area contributed by atoms with Crippen LogP contribution in [0.15, 0.2) is 55.0 Å². The largest absolute Gasteiger partial charge is 0.353 e. The maximum atomic E-state index is 12.4. The van der Waals surface area contributed by atoms with E-state index in [-0.39, 0.29) is 11.9 Å². The van der Waals surface area contributed by atoms with Gasteiger partial charge in [-0.1, -0.05) is 18.2 Å². The molecule has 1 fully saturated rings. The van der Waals surface area contributed by atoms with Gasteiger partial charge >= 0.3 is 0 Å². The molecule has 144 valence electrons. The Balaban J connectivity index is 1.22. The molecule has 0 spiro atoms. The molecule has 4 rings (SSSR count). The summed E-state index contributed by atoms with van der Waals surface area (Å²) in [6, 6.07) is 13.9. The third kappa shape index (κ3) is 4.77. The molecule has 2 aromatic heterocycles. The average Bonchev–Trinajstić information content (AvgIpc) is 3.26. The van der Waals surface area contributed by atoms with Crippen LogP contribution < -0.4 is 5.32 Å². The molecule has 0 bridgehead atoms. The van der Waals surface area contributed by atoms with Crippen molar-refractivity contribution < 1.29 is 4.79 Å². The van der Waals surface area contributed by atoms with Gasteiger partial charge in [0.15, 0.2) is 0 Å². The van der Waals surface area contributed by atoms with Gasteiger partial charge in [-0.25, -0.2) is 4.68 Å². The number of benzene rings is 1. The number of nitrogens with one attached hydrogen (secondary N) is 1. The SMILES string of the molecule is O=C(Cc1ccc(-n2cnnn2)cc1)NC1CCN(Cc2ccccn2)CC1. The van der Waals surface area contributed by atoms with Crippen LogP contribution in [-0.4, -0.2) is 55.1 Å². The maximum absolute atomic E-state index is 12.4. The lowest BCUT2D eigenvalue weighted by atomic mass is 10.0. The molecule has 1 aliphatic heterocycles. The highest BCUT2D eigenvalue weighted by Crippen LogP contribution is 2.14. The van der Waals surface area contributed by atoms with Gasteiger partial charge in [0.25, 0.3) is 0 Å². The van der Waals surface area contributed by atoms with Crippen molar-refractivity contribution in [3.63, 3.8) is 0 Å². The molecule has 3 aromatic rings. The molecule has 3 heterocycles. The summed E-state index contributed by atoms with van der Waals surface area (Å²) in [4.78, 5) is 19.2. The summed E-state index contributed by atoms with van der Waals surface area (Å²) in [7, 11) is 0. The van der Waals surface area contributed by atoms with Crippen LogP contribution in [0, 0.1) is 0 Å². The summed E-state index contributed by atoms with van der Waals surface area (Å²) < 4.78 is 1.59. The molecule has 0 aliphatic carbocycles.